The van der Waals surface area contributed by atoms with Crippen LogP contribution < -0.4 is 4.84 Å². The number of amides is 1. The minimum absolute atomic E-state index is 0.126. The molecule has 9 heteroatoms. The first-order chi connectivity index (χ1) is 12.5. The lowest BCUT2D eigenvalue weighted by Gasteiger charge is -2.23. The van der Waals surface area contributed by atoms with Crippen LogP contribution in [0.25, 0.3) is 0 Å². The lowest BCUT2D eigenvalue weighted by Crippen LogP contribution is -2.37. The van der Waals surface area contributed by atoms with Crippen LogP contribution >= 0.6 is 0 Å². The van der Waals surface area contributed by atoms with Gasteiger partial charge in [-0.2, -0.15) is 4.73 Å². The molecular weight excluding hydrogens is 342 g/mol. The Hall–Kier alpha value is -2.58. The van der Waals surface area contributed by atoms with Crippen molar-refractivity contribution in [2.24, 2.45) is 5.92 Å². The van der Waals surface area contributed by atoms with E-state index in [4.69, 9.17) is 14.7 Å². The average Bonchev–Trinajstić information content (AvgIpc) is 3.04. The third-order valence-electron chi connectivity index (χ3n) is 4.98. The zero-order chi connectivity index (χ0) is 18.5. The summed E-state index contributed by atoms with van der Waals surface area (Å²) in [6, 6.07) is 0. The summed E-state index contributed by atoms with van der Waals surface area (Å²) in [5, 5.41) is 9.01. The normalized spacial score (nSPS) is 17.5. The summed E-state index contributed by atoms with van der Waals surface area (Å²) in [5.41, 5.74) is 1.10. The summed E-state index contributed by atoms with van der Waals surface area (Å²) >= 11 is 0. The van der Waals surface area contributed by atoms with Gasteiger partial charge in [0.2, 0.25) is 0 Å². The van der Waals surface area contributed by atoms with E-state index >= 15 is 0 Å². The van der Waals surface area contributed by atoms with Crippen molar-refractivity contribution in [1.29, 1.82) is 0 Å². The van der Waals surface area contributed by atoms with Gasteiger partial charge in [-0.05, 0) is 12.3 Å². The van der Waals surface area contributed by atoms with Crippen molar-refractivity contribution in [2.75, 3.05) is 13.2 Å². The van der Waals surface area contributed by atoms with E-state index in [1.54, 1.807) is 0 Å². The molecule has 1 fully saturated rings. The topological polar surface area (TPSA) is 111 Å². The monoisotopic (exact) mass is 365 g/mol. The predicted octanol–water partition coefficient (Wildman–Crippen LogP) is 1.39. The summed E-state index contributed by atoms with van der Waals surface area (Å²) < 4.78 is 6.14. The van der Waals surface area contributed by atoms with Crippen LogP contribution in [0.4, 0.5) is 4.79 Å². The van der Waals surface area contributed by atoms with Gasteiger partial charge in [-0.1, -0.05) is 32.1 Å². The number of aromatic nitrogens is 2. The summed E-state index contributed by atoms with van der Waals surface area (Å²) in [6.07, 6.45) is 7.36. The highest BCUT2D eigenvalue weighted by molar-refractivity contribution is 6.29. The highest BCUT2D eigenvalue weighted by Crippen LogP contribution is 2.26. The van der Waals surface area contributed by atoms with E-state index in [-0.39, 0.29) is 19.7 Å². The van der Waals surface area contributed by atoms with Crippen LogP contribution in [0.15, 0.2) is 6.33 Å². The lowest BCUT2D eigenvalue weighted by molar-refractivity contribution is -0.168. The molecule has 0 atom stereocenters. The Balaban J connectivity index is 1.47. The molecule has 0 bridgehead atoms. The Bertz CT molecular complexity index is 680. The van der Waals surface area contributed by atoms with Crippen LogP contribution in [0.1, 0.15) is 49.9 Å². The van der Waals surface area contributed by atoms with E-state index in [2.05, 4.69) is 4.98 Å². The molecule has 2 aliphatic rings. The Labute approximate surface area is 150 Å². The maximum atomic E-state index is 11.9. The molecule has 0 saturated heterocycles. The number of carbonyl (C=O) groups is 3. The van der Waals surface area contributed by atoms with Crippen molar-refractivity contribution in [3.05, 3.63) is 17.7 Å². The Kier molecular flexibility index (Phi) is 5.75. The number of hydrogen-bond donors (Lipinski definition) is 1. The fourth-order valence-corrected chi connectivity index (χ4v) is 3.50. The predicted molar refractivity (Wildman–Crippen MR) is 88.1 cm³/mol. The van der Waals surface area contributed by atoms with Gasteiger partial charge in [-0.25, -0.2) is 19.4 Å². The van der Waals surface area contributed by atoms with Gasteiger partial charge >= 0.3 is 18.0 Å². The zero-order valence-electron chi connectivity index (χ0n) is 14.6. The quantitative estimate of drug-likeness (QED) is 0.634. The summed E-state index contributed by atoms with van der Waals surface area (Å²) in [7, 11) is 0. The first kappa shape index (κ1) is 18.2. The Morgan fingerprint density at radius 2 is 1.96 bits per heavy atom. The number of imidazole rings is 1. The fraction of sp³-hybridized carbons (Fsp3) is 0.647. The second-order valence-corrected chi connectivity index (χ2v) is 6.73. The van der Waals surface area contributed by atoms with E-state index in [1.807, 2.05) is 0 Å². The van der Waals surface area contributed by atoms with Gasteiger partial charge in [0.1, 0.15) is 6.33 Å². The molecule has 2 heterocycles. The first-order valence-corrected chi connectivity index (χ1v) is 8.97. The van der Waals surface area contributed by atoms with Crippen LogP contribution in [0.2, 0.25) is 0 Å². The van der Waals surface area contributed by atoms with Gasteiger partial charge in [0, 0.05) is 13.0 Å². The van der Waals surface area contributed by atoms with Crippen LogP contribution in [0.3, 0.4) is 0 Å². The molecule has 9 nitrogen and oxygen atoms in total. The van der Waals surface area contributed by atoms with Gasteiger partial charge in [0.15, 0.2) is 0 Å². The molecular formula is C17H23N3O6. The number of fused-ring (bicyclic) bond motifs is 1. The van der Waals surface area contributed by atoms with Crippen molar-refractivity contribution in [1.82, 2.24) is 14.6 Å². The third kappa shape index (κ3) is 4.33. The molecule has 1 amide bonds. The number of carboxylic acid groups (broad SMARTS) is 1. The van der Waals surface area contributed by atoms with E-state index < -0.39 is 18.0 Å². The van der Waals surface area contributed by atoms with Crippen molar-refractivity contribution >= 4 is 18.0 Å². The minimum Gasteiger partial charge on any atom is -0.465 e. The van der Waals surface area contributed by atoms with Crippen molar-refractivity contribution in [3.8, 4) is 0 Å². The molecule has 142 valence electrons. The first-order valence-electron chi connectivity index (χ1n) is 8.97. The van der Waals surface area contributed by atoms with Gasteiger partial charge < -0.3 is 19.6 Å². The van der Waals surface area contributed by atoms with Gasteiger partial charge in [-0.15, -0.1) is 0 Å². The van der Waals surface area contributed by atoms with E-state index in [9.17, 15) is 14.4 Å². The van der Waals surface area contributed by atoms with E-state index in [0.29, 0.717) is 23.7 Å². The van der Waals surface area contributed by atoms with Crippen LogP contribution in [-0.2, 0) is 27.3 Å². The highest BCUT2D eigenvalue weighted by Gasteiger charge is 2.27. The van der Waals surface area contributed by atoms with Crippen LogP contribution in [0.5, 0.6) is 0 Å². The number of nitrogens with zero attached hydrogens (tertiary/aromatic N) is 3. The number of hydrogen-bond acceptors (Lipinski definition) is 6. The van der Waals surface area contributed by atoms with Crippen LogP contribution in [-0.4, -0.2) is 50.9 Å². The summed E-state index contributed by atoms with van der Waals surface area (Å²) in [4.78, 5) is 45.0. The number of rotatable bonds is 4. The Morgan fingerprint density at radius 1 is 1.19 bits per heavy atom. The SMILES string of the molecule is O=C(OCCC1CCCCC1)C(=O)On1cnc2c1CCN(C(=O)O)C2. The maximum absolute atomic E-state index is 11.9. The molecule has 1 aromatic rings. The molecule has 1 N–H and O–H groups in total. The van der Waals surface area contributed by atoms with Crippen molar-refractivity contribution in [2.45, 2.75) is 51.5 Å². The molecule has 1 aliphatic carbocycles. The summed E-state index contributed by atoms with van der Waals surface area (Å²) in [5.74, 6) is -1.56. The zero-order valence-corrected chi connectivity index (χ0v) is 14.6. The highest BCUT2D eigenvalue weighted by atomic mass is 16.7. The van der Waals surface area contributed by atoms with E-state index in [0.717, 1.165) is 24.0 Å². The molecule has 3 rings (SSSR count). The minimum atomic E-state index is -1.10. The largest absolute Gasteiger partial charge is 0.465 e. The van der Waals surface area contributed by atoms with Crippen LogP contribution in [0, 0.1) is 5.92 Å². The molecule has 0 unspecified atom stereocenters. The average molecular weight is 365 g/mol. The third-order valence-corrected chi connectivity index (χ3v) is 4.98. The number of esters is 1. The molecule has 1 saturated carbocycles. The standard InChI is InChI=1S/C17H23N3O6/c21-15(25-9-7-12-4-2-1-3-5-12)16(22)26-20-11-18-13-10-19(17(23)24)8-6-14(13)20/h11-12H,1-10H2,(H,23,24). The maximum Gasteiger partial charge on any atom is 0.442 e. The fourth-order valence-electron chi connectivity index (χ4n) is 3.50. The van der Waals surface area contributed by atoms with Crippen molar-refractivity contribution in [3.63, 3.8) is 0 Å². The molecule has 26 heavy (non-hydrogen) atoms. The number of ether oxygens (including phenoxy) is 1. The second kappa shape index (κ2) is 8.20. The smallest absolute Gasteiger partial charge is 0.442 e. The molecule has 0 aromatic carbocycles. The van der Waals surface area contributed by atoms with Gasteiger partial charge in [-0.3, -0.25) is 0 Å². The molecule has 1 aromatic heterocycles. The molecule has 0 radical (unpaired) electrons. The van der Waals surface area contributed by atoms with E-state index in [1.165, 1.54) is 30.5 Å². The van der Waals surface area contributed by atoms with Crippen molar-refractivity contribution < 1.29 is 29.1 Å². The number of carbonyl (C=O) groups excluding carboxylic acids is 2. The summed E-state index contributed by atoms with van der Waals surface area (Å²) in [6.45, 7) is 0.618. The van der Waals surface area contributed by atoms with Gasteiger partial charge in [0.25, 0.3) is 0 Å². The Morgan fingerprint density at radius 3 is 2.69 bits per heavy atom. The lowest BCUT2D eigenvalue weighted by atomic mass is 9.87. The second-order valence-electron chi connectivity index (χ2n) is 6.73. The van der Waals surface area contributed by atoms with Gasteiger partial charge in [0.05, 0.1) is 24.5 Å². The molecule has 0 spiro atoms. The molecule has 1 aliphatic heterocycles.